The highest BCUT2D eigenvalue weighted by Crippen LogP contribution is 2.28. The molecule has 0 unspecified atom stereocenters. The summed E-state index contributed by atoms with van der Waals surface area (Å²) in [5, 5.41) is 0. The molecule has 0 aliphatic carbocycles. The van der Waals surface area contributed by atoms with Crippen LogP contribution < -0.4 is 5.56 Å². The normalized spacial score (nSPS) is 16.8. The minimum absolute atomic E-state index is 0.0636. The molecule has 1 fully saturated rings. The molecule has 1 aliphatic heterocycles. The third kappa shape index (κ3) is 5.44. The first-order valence-corrected chi connectivity index (χ1v) is 7.84. The summed E-state index contributed by atoms with van der Waals surface area (Å²) < 4.78 is 89.2. The summed E-state index contributed by atoms with van der Waals surface area (Å²) in [4.78, 5) is 26.1. The zero-order chi connectivity index (χ0) is 20.4. The van der Waals surface area contributed by atoms with Crippen molar-refractivity contribution in [2.24, 2.45) is 0 Å². The van der Waals surface area contributed by atoms with E-state index in [2.05, 4.69) is 0 Å². The number of pyridine rings is 1. The summed E-state index contributed by atoms with van der Waals surface area (Å²) in [6.45, 7) is -2.11. The van der Waals surface area contributed by atoms with Crippen LogP contribution in [-0.4, -0.2) is 65.3 Å². The van der Waals surface area contributed by atoms with E-state index in [0.29, 0.717) is 22.9 Å². The molecule has 1 aliphatic rings. The fourth-order valence-electron chi connectivity index (χ4n) is 2.59. The maximum Gasteiger partial charge on any atom is 0.417 e. The van der Waals surface area contributed by atoms with Crippen LogP contribution in [0.3, 0.4) is 0 Å². The summed E-state index contributed by atoms with van der Waals surface area (Å²) in [7, 11) is 0. The van der Waals surface area contributed by atoms with Gasteiger partial charge < -0.3 is 9.47 Å². The van der Waals surface area contributed by atoms with Gasteiger partial charge in [0, 0.05) is 38.4 Å². The third-order valence-electron chi connectivity index (χ3n) is 4.10. The van der Waals surface area contributed by atoms with Crippen molar-refractivity contribution in [1.29, 1.82) is 0 Å². The zero-order valence-electron chi connectivity index (χ0n) is 13.9. The van der Waals surface area contributed by atoms with Crippen LogP contribution in [-0.2, 0) is 17.5 Å². The van der Waals surface area contributed by atoms with Crippen molar-refractivity contribution in [3.63, 3.8) is 0 Å². The number of hydrogen-bond donors (Lipinski definition) is 0. The maximum atomic E-state index is 13.1. The molecule has 5 nitrogen and oxygen atoms in total. The van der Waals surface area contributed by atoms with E-state index in [0.717, 1.165) is 4.90 Å². The second-order valence-corrected chi connectivity index (χ2v) is 6.10. The van der Waals surface area contributed by atoms with Crippen molar-refractivity contribution < 1.29 is 35.5 Å². The van der Waals surface area contributed by atoms with Crippen molar-refractivity contribution in [1.82, 2.24) is 14.4 Å². The summed E-state index contributed by atoms with van der Waals surface area (Å²) in [6.07, 6.45) is -7.95. The molecule has 1 amide bonds. The van der Waals surface area contributed by atoms with Crippen LogP contribution >= 0.6 is 0 Å². The standard InChI is InChI=1S/C15H16F7N3O2/c16-13(17)14(18,19)9-23-3-5-24(6-4-23)12(27)8-25-7-10(15(20,21)22)1-2-11(25)26/h1-2,7,13H,3-6,8-9H2. The number of alkyl halides is 7. The Kier molecular flexibility index (Phi) is 6.17. The van der Waals surface area contributed by atoms with E-state index in [4.69, 9.17) is 0 Å². The Labute approximate surface area is 149 Å². The minimum Gasteiger partial charge on any atom is -0.339 e. The maximum absolute atomic E-state index is 13.1. The number of hydrogen-bond acceptors (Lipinski definition) is 3. The van der Waals surface area contributed by atoms with Crippen LogP contribution in [0.4, 0.5) is 30.7 Å². The molecule has 0 radical (unpaired) electrons. The first-order chi connectivity index (χ1) is 12.4. The zero-order valence-corrected chi connectivity index (χ0v) is 13.9. The molecule has 27 heavy (non-hydrogen) atoms. The molecule has 2 heterocycles. The molecular formula is C15H16F7N3O2. The van der Waals surface area contributed by atoms with Gasteiger partial charge in [-0.25, -0.2) is 8.78 Å². The van der Waals surface area contributed by atoms with Crippen LogP contribution in [0.15, 0.2) is 23.1 Å². The minimum atomic E-state index is -4.68. The smallest absolute Gasteiger partial charge is 0.339 e. The van der Waals surface area contributed by atoms with Gasteiger partial charge in [0.15, 0.2) is 0 Å². The molecular weight excluding hydrogens is 387 g/mol. The highest BCUT2D eigenvalue weighted by molar-refractivity contribution is 5.76. The van der Waals surface area contributed by atoms with Gasteiger partial charge in [-0.1, -0.05) is 0 Å². The highest BCUT2D eigenvalue weighted by Gasteiger charge is 2.42. The van der Waals surface area contributed by atoms with Gasteiger partial charge in [-0.2, -0.15) is 22.0 Å². The number of rotatable bonds is 5. The van der Waals surface area contributed by atoms with E-state index in [1.54, 1.807) is 0 Å². The van der Waals surface area contributed by atoms with E-state index in [1.807, 2.05) is 0 Å². The van der Waals surface area contributed by atoms with Crippen LogP contribution in [0.25, 0.3) is 0 Å². The highest BCUT2D eigenvalue weighted by atomic mass is 19.4. The van der Waals surface area contributed by atoms with E-state index in [9.17, 15) is 40.3 Å². The second kappa shape index (κ2) is 7.87. The Bertz CT molecular complexity index is 725. The van der Waals surface area contributed by atoms with Gasteiger partial charge in [0.25, 0.3) is 5.56 Å². The van der Waals surface area contributed by atoms with Crippen molar-refractivity contribution in [3.8, 4) is 0 Å². The van der Waals surface area contributed by atoms with Crippen molar-refractivity contribution in [2.45, 2.75) is 25.1 Å². The van der Waals surface area contributed by atoms with Crippen LogP contribution in [0.1, 0.15) is 5.56 Å². The van der Waals surface area contributed by atoms with Gasteiger partial charge in [-0.15, -0.1) is 0 Å². The molecule has 0 N–H and O–H groups in total. The number of piperazine rings is 1. The van der Waals surface area contributed by atoms with E-state index < -0.39 is 48.6 Å². The van der Waals surface area contributed by atoms with E-state index in [-0.39, 0.29) is 26.2 Å². The molecule has 0 saturated carbocycles. The topological polar surface area (TPSA) is 45.6 Å². The van der Waals surface area contributed by atoms with Gasteiger partial charge in [-0.3, -0.25) is 14.5 Å². The van der Waals surface area contributed by atoms with Gasteiger partial charge in [0.2, 0.25) is 5.91 Å². The molecule has 0 atom stereocenters. The molecule has 1 saturated heterocycles. The molecule has 152 valence electrons. The summed E-state index contributed by atoms with van der Waals surface area (Å²) in [5.41, 5.74) is -1.89. The number of aromatic nitrogens is 1. The van der Waals surface area contributed by atoms with E-state index >= 15 is 0 Å². The molecule has 2 rings (SSSR count). The number of carbonyl (C=O) groups excluding carboxylic acids is 1. The van der Waals surface area contributed by atoms with Crippen molar-refractivity contribution in [3.05, 3.63) is 34.2 Å². The first kappa shape index (κ1) is 21.2. The SMILES string of the molecule is O=C(Cn1cc(C(F)(F)F)ccc1=O)N1CCN(CC(F)(F)C(F)F)CC1. The lowest BCUT2D eigenvalue weighted by Gasteiger charge is -2.36. The largest absolute Gasteiger partial charge is 0.417 e. The van der Waals surface area contributed by atoms with Gasteiger partial charge in [0.1, 0.15) is 6.54 Å². The van der Waals surface area contributed by atoms with Crippen molar-refractivity contribution >= 4 is 5.91 Å². The molecule has 12 heteroatoms. The fourth-order valence-corrected chi connectivity index (χ4v) is 2.59. The molecule has 1 aromatic rings. The molecule has 1 aromatic heterocycles. The molecule has 0 spiro atoms. The number of amides is 1. The Balaban J connectivity index is 1.96. The predicted molar refractivity (Wildman–Crippen MR) is 79.7 cm³/mol. The third-order valence-corrected chi connectivity index (χ3v) is 4.10. The lowest BCUT2D eigenvalue weighted by molar-refractivity contribution is -0.148. The lowest BCUT2D eigenvalue weighted by atomic mass is 10.2. The summed E-state index contributed by atoms with van der Waals surface area (Å²) in [6, 6.07) is 1.30. The Morgan fingerprint density at radius 2 is 1.63 bits per heavy atom. The van der Waals surface area contributed by atoms with Gasteiger partial charge in [-0.05, 0) is 6.07 Å². The van der Waals surface area contributed by atoms with Crippen LogP contribution in [0.5, 0.6) is 0 Å². The average Bonchev–Trinajstić information content (AvgIpc) is 2.56. The Hall–Kier alpha value is -2.11. The Morgan fingerprint density at radius 3 is 2.15 bits per heavy atom. The van der Waals surface area contributed by atoms with Gasteiger partial charge in [0.05, 0.1) is 12.1 Å². The van der Waals surface area contributed by atoms with Crippen LogP contribution in [0, 0.1) is 0 Å². The number of carbonyl (C=O) groups is 1. The monoisotopic (exact) mass is 403 g/mol. The summed E-state index contributed by atoms with van der Waals surface area (Å²) in [5.74, 6) is -4.84. The quantitative estimate of drug-likeness (QED) is 0.706. The van der Waals surface area contributed by atoms with Gasteiger partial charge >= 0.3 is 18.5 Å². The predicted octanol–water partition coefficient (Wildman–Crippen LogP) is 1.91. The number of halogens is 7. The van der Waals surface area contributed by atoms with Crippen molar-refractivity contribution in [2.75, 3.05) is 32.7 Å². The Morgan fingerprint density at radius 1 is 1.04 bits per heavy atom. The number of nitrogens with zero attached hydrogens (tertiary/aromatic N) is 3. The fraction of sp³-hybridized carbons (Fsp3) is 0.600. The summed E-state index contributed by atoms with van der Waals surface area (Å²) >= 11 is 0. The first-order valence-electron chi connectivity index (χ1n) is 7.84. The van der Waals surface area contributed by atoms with Crippen LogP contribution in [0.2, 0.25) is 0 Å². The molecule has 0 bridgehead atoms. The van der Waals surface area contributed by atoms with E-state index in [1.165, 1.54) is 4.90 Å². The molecule has 0 aromatic carbocycles. The average molecular weight is 403 g/mol. The second-order valence-electron chi connectivity index (χ2n) is 6.10. The lowest BCUT2D eigenvalue weighted by Crippen LogP contribution is -2.53.